The molecule has 0 aliphatic rings. The Morgan fingerprint density at radius 3 is 2.00 bits per heavy atom. The minimum absolute atomic E-state index is 0.213. The molecule has 0 aliphatic heterocycles. The third-order valence-corrected chi connectivity index (χ3v) is 2.92. The Labute approximate surface area is 120 Å². The third-order valence-electron chi connectivity index (χ3n) is 2.92. The van der Waals surface area contributed by atoms with Gasteiger partial charge in [-0.15, -0.1) is 0 Å². The second-order valence-corrected chi connectivity index (χ2v) is 4.52. The number of para-hydroxylation sites is 1. The van der Waals surface area contributed by atoms with Crippen LogP contribution in [0.5, 0.6) is 0 Å². The van der Waals surface area contributed by atoms with Crippen molar-refractivity contribution < 1.29 is 18.3 Å². The summed E-state index contributed by atoms with van der Waals surface area (Å²) in [4.78, 5) is 3.63. The zero-order valence-corrected chi connectivity index (χ0v) is 11.1. The fourth-order valence-electron chi connectivity index (χ4n) is 1.86. The Morgan fingerprint density at radius 2 is 1.48 bits per heavy atom. The van der Waals surface area contributed by atoms with Crippen molar-refractivity contribution in [2.45, 2.75) is 18.7 Å². The average Bonchev–Trinajstić information content (AvgIpc) is 2.47. The van der Waals surface area contributed by atoms with Crippen LogP contribution in [0.15, 0.2) is 65.7 Å². The molecule has 0 heterocycles. The van der Waals surface area contributed by atoms with E-state index in [2.05, 4.69) is 4.99 Å². The van der Waals surface area contributed by atoms with E-state index in [-0.39, 0.29) is 5.69 Å². The average molecular weight is 293 g/mol. The van der Waals surface area contributed by atoms with E-state index in [1.54, 1.807) is 48.5 Å². The van der Waals surface area contributed by atoms with Crippen LogP contribution in [0.2, 0.25) is 0 Å². The maximum Gasteiger partial charge on any atom is 0.429 e. The number of alkyl halides is 3. The Kier molecular flexibility index (Phi) is 4.75. The number of aliphatic hydroxyl groups is 1. The van der Waals surface area contributed by atoms with Gasteiger partial charge >= 0.3 is 6.18 Å². The fraction of sp³-hybridized carbons (Fsp3) is 0.188. The number of nitrogens with zero attached hydrogens (tertiary/aromatic N) is 1. The number of benzene rings is 2. The predicted octanol–water partition coefficient (Wildman–Crippen LogP) is 4.45. The molecule has 2 aromatic carbocycles. The van der Waals surface area contributed by atoms with E-state index < -0.39 is 24.4 Å². The highest BCUT2D eigenvalue weighted by Gasteiger charge is 2.36. The van der Waals surface area contributed by atoms with Gasteiger partial charge in [-0.05, 0) is 17.7 Å². The summed E-state index contributed by atoms with van der Waals surface area (Å²) in [6, 6.07) is 16.1. The second kappa shape index (κ2) is 6.54. The van der Waals surface area contributed by atoms with Crippen LogP contribution in [-0.2, 0) is 0 Å². The summed E-state index contributed by atoms with van der Waals surface area (Å²) < 4.78 is 39.1. The Hall–Kier alpha value is -2.14. The summed E-state index contributed by atoms with van der Waals surface area (Å²) in [7, 11) is 0. The highest BCUT2D eigenvalue weighted by Crippen LogP contribution is 2.28. The van der Waals surface area contributed by atoms with Crippen LogP contribution in [0.3, 0.4) is 0 Å². The van der Waals surface area contributed by atoms with Gasteiger partial charge in [0.1, 0.15) is 5.71 Å². The molecule has 0 saturated heterocycles. The maximum absolute atomic E-state index is 13.0. The van der Waals surface area contributed by atoms with Gasteiger partial charge in [0.15, 0.2) is 0 Å². The van der Waals surface area contributed by atoms with Crippen LogP contribution in [0.4, 0.5) is 18.9 Å². The molecule has 5 heteroatoms. The number of rotatable bonds is 4. The number of hydrogen-bond acceptors (Lipinski definition) is 2. The molecule has 2 aromatic rings. The number of halogens is 3. The molecule has 110 valence electrons. The number of aliphatic hydroxyl groups excluding tert-OH is 1. The predicted molar refractivity (Wildman–Crippen MR) is 75.6 cm³/mol. The Bertz CT molecular complexity index is 594. The fourth-order valence-corrected chi connectivity index (χ4v) is 1.86. The highest BCUT2D eigenvalue weighted by atomic mass is 19.4. The van der Waals surface area contributed by atoms with Gasteiger partial charge in [0.05, 0.1) is 11.8 Å². The number of aliphatic imine (C=N–C) groups is 1. The van der Waals surface area contributed by atoms with Crippen LogP contribution in [0.1, 0.15) is 18.1 Å². The molecule has 0 bridgehead atoms. The lowest BCUT2D eigenvalue weighted by Crippen LogP contribution is -2.25. The largest absolute Gasteiger partial charge is 0.429 e. The van der Waals surface area contributed by atoms with E-state index in [1.165, 1.54) is 12.1 Å². The molecule has 1 N–H and O–H groups in total. The summed E-state index contributed by atoms with van der Waals surface area (Å²) in [5.41, 5.74) is -0.349. The molecule has 1 unspecified atom stereocenters. The van der Waals surface area contributed by atoms with Crippen molar-refractivity contribution in [3.63, 3.8) is 0 Å². The van der Waals surface area contributed by atoms with Crippen molar-refractivity contribution in [1.29, 1.82) is 0 Å². The van der Waals surface area contributed by atoms with Gasteiger partial charge in [-0.2, -0.15) is 13.2 Å². The van der Waals surface area contributed by atoms with Gasteiger partial charge in [0.25, 0.3) is 0 Å². The van der Waals surface area contributed by atoms with Crippen molar-refractivity contribution in [2.75, 3.05) is 0 Å². The van der Waals surface area contributed by atoms with Crippen LogP contribution in [-0.4, -0.2) is 17.0 Å². The van der Waals surface area contributed by atoms with E-state index in [0.717, 1.165) is 0 Å². The lowest BCUT2D eigenvalue weighted by atomic mass is 10.0. The molecule has 0 amide bonds. The Balaban J connectivity index is 2.24. The Morgan fingerprint density at radius 1 is 0.952 bits per heavy atom. The standard InChI is InChI=1S/C16H14F3NO/c17-16(18,19)15(20-13-9-5-2-6-10-13)11-14(21)12-7-3-1-4-8-12/h1-10,14,21H,11H2. The lowest BCUT2D eigenvalue weighted by molar-refractivity contribution is -0.0622. The first kappa shape index (κ1) is 15.3. The van der Waals surface area contributed by atoms with Gasteiger partial charge in [0, 0.05) is 6.42 Å². The summed E-state index contributed by atoms with van der Waals surface area (Å²) >= 11 is 0. The molecule has 0 aliphatic carbocycles. The van der Waals surface area contributed by atoms with Crippen LogP contribution in [0.25, 0.3) is 0 Å². The minimum atomic E-state index is -4.58. The first-order valence-corrected chi connectivity index (χ1v) is 6.39. The van der Waals surface area contributed by atoms with Gasteiger partial charge in [-0.25, -0.2) is 4.99 Å². The van der Waals surface area contributed by atoms with Gasteiger partial charge < -0.3 is 5.11 Å². The zero-order valence-electron chi connectivity index (χ0n) is 11.1. The number of hydrogen-bond donors (Lipinski definition) is 1. The third kappa shape index (κ3) is 4.43. The molecule has 0 fully saturated rings. The highest BCUT2D eigenvalue weighted by molar-refractivity contribution is 5.92. The van der Waals surface area contributed by atoms with E-state index in [4.69, 9.17) is 0 Å². The molecule has 1 atom stereocenters. The van der Waals surface area contributed by atoms with Crippen molar-refractivity contribution in [1.82, 2.24) is 0 Å². The van der Waals surface area contributed by atoms with Gasteiger partial charge in [-0.3, -0.25) is 0 Å². The quantitative estimate of drug-likeness (QED) is 0.830. The van der Waals surface area contributed by atoms with Crippen molar-refractivity contribution in [3.05, 3.63) is 66.2 Å². The smallest absolute Gasteiger partial charge is 0.388 e. The summed E-state index contributed by atoms with van der Waals surface area (Å²) in [6.45, 7) is 0. The SMILES string of the molecule is OC(CC(=Nc1ccccc1)C(F)(F)F)c1ccccc1. The van der Waals surface area contributed by atoms with Crippen LogP contribution in [0, 0.1) is 0 Å². The topological polar surface area (TPSA) is 32.6 Å². The van der Waals surface area contributed by atoms with E-state index in [1.807, 2.05) is 0 Å². The van der Waals surface area contributed by atoms with Crippen LogP contribution < -0.4 is 0 Å². The zero-order chi connectivity index (χ0) is 15.3. The first-order chi connectivity index (χ1) is 9.97. The van der Waals surface area contributed by atoms with E-state index in [9.17, 15) is 18.3 Å². The molecule has 2 rings (SSSR count). The summed E-state index contributed by atoms with van der Waals surface area (Å²) in [5.74, 6) is 0. The van der Waals surface area contributed by atoms with Crippen molar-refractivity contribution in [2.24, 2.45) is 4.99 Å². The second-order valence-electron chi connectivity index (χ2n) is 4.52. The molecule has 0 spiro atoms. The minimum Gasteiger partial charge on any atom is -0.388 e. The first-order valence-electron chi connectivity index (χ1n) is 6.39. The molecule has 0 radical (unpaired) electrons. The normalized spacial score (nSPS) is 14.0. The van der Waals surface area contributed by atoms with Gasteiger partial charge in [-0.1, -0.05) is 48.5 Å². The lowest BCUT2D eigenvalue weighted by Gasteiger charge is -2.15. The summed E-state index contributed by atoms with van der Waals surface area (Å²) in [6.07, 6.45) is -6.40. The van der Waals surface area contributed by atoms with Crippen molar-refractivity contribution >= 4 is 11.4 Å². The van der Waals surface area contributed by atoms with Gasteiger partial charge in [0.2, 0.25) is 0 Å². The molecular formula is C16H14F3NO. The van der Waals surface area contributed by atoms with Crippen LogP contribution >= 0.6 is 0 Å². The maximum atomic E-state index is 13.0. The van der Waals surface area contributed by atoms with E-state index in [0.29, 0.717) is 5.56 Å². The molecular weight excluding hydrogens is 279 g/mol. The molecule has 2 nitrogen and oxygen atoms in total. The van der Waals surface area contributed by atoms with Crippen molar-refractivity contribution in [3.8, 4) is 0 Å². The summed E-state index contributed by atoms with van der Waals surface area (Å²) in [5, 5.41) is 9.95. The molecule has 21 heavy (non-hydrogen) atoms. The molecule has 0 saturated carbocycles. The monoisotopic (exact) mass is 293 g/mol. The van der Waals surface area contributed by atoms with E-state index >= 15 is 0 Å². The molecule has 0 aromatic heterocycles.